The zero-order valence-electron chi connectivity index (χ0n) is 18.6. The predicted octanol–water partition coefficient (Wildman–Crippen LogP) is 2.96. The Bertz CT molecular complexity index is 686. The molecule has 4 unspecified atom stereocenters. The first-order valence-electron chi connectivity index (χ1n) is 11.1. The molecule has 2 fully saturated rings. The maximum Gasteiger partial charge on any atom is 0.237 e. The van der Waals surface area contributed by atoms with Crippen LogP contribution in [0.4, 0.5) is 0 Å². The van der Waals surface area contributed by atoms with Gasteiger partial charge in [0.15, 0.2) is 0 Å². The maximum atomic E-state index is 13.3. The zero-order valence-corrected chi connectivity index (χ0v) is 19.4. The number of nitrogens with one attached hydrogen (secondary N) is 1. The summed E-state index contributed by atoms with van der Waals surface area (Å²) in [6.07, 6.45) is 0.263. The largest absolute Gasteiger partial charge is 0.379 e. The molecule has 2 aliphatic heterocycles. The minimum Gasteiger partial charge on any atom is -0.379 e. The fraction of sp³-hybridized carbons (Fsp3) is 0.696. The van der Waals surface area contributed by atoms with Gasteiger partial charge in [0.2, 0.25) is 5.91 Å². The first-order chi connectivity index (χ1) is 14.4. The van der Waals surface area contributed by atoms with Crippen molar-refractivity contribution in [3.05, 3.63) is 34.9 Å². The van der Waals surface area contributed by atoms with E-state index < -0.39 is 0 Å². The summed E-state index contributed by atoms with van der Waals surface area (Å²) < 4.78 is 11.4. The van der Waals surface area contributed by atoms with E-state index in [9.17, 15) is 4.79 Å². The molecule has 1 N–H and O–H groups in total. The van der Waals surface area contributed by atoms with Crippen LogP contribution in [0.3, 0.4) is 0 Å². The van der Waals surface area contributed by atoms with Crippen molar-refractivity contribution in [2.45, 2.75) is 52.0 Å². The van der Waals surface area contributed by atoms with E-state index in [2.05, 4.69) is 48.9 Å². The molecule has 7 heteroatoms. The number of ether oxygens (including phenoxy) is 2. The molecule has 0 spiro atoms. The van der Waals surface area contributed by atoms with Crippen molar-refractivity contribution in [2.75, 3.05) is 45.9 Å². The quantitative estimate of drug-likeness (QED) is 0.710. The maximum absolute atomic E-state index is 13.3. The van der Waals surface area contributed by atoms with Crippen molar-refractivity contribution >= 4 is 17.5 Å². The number of nitrogens with zero attached hydrogens (tertiary/aromatic N) is 2. The molecule has 0 saturated carbocycles. The van der Waals surface area contributed by atoms with E-state index in [1.165, 1.54) is 0 Å². The van der Waals surface area contributed by atoms with E-state index in [1.54, 1.807) is 0 Å². The normalized spacial score (nSPS) is 25.8. The average Bonchev–Trinajstić information content (AvgIpc) is 2.69. The van der Waals surface area contributed by atoms with Gasteiger partial charge in [0.1, 0.15) is 0 Å². The molecule has 1 aromatic rings. The lowest BCUT2D eigenvalue weighted by Gasteiger charge is -2.41. The van der Waals surface area contributed by atoms with Crippen molar-refractivity contribution in [1.82, 2.24) is 15.1 Å². The van der Waals surface area contributed by atoms with Gasteiger partial charge in [-0.1, -0.05) is 43.6 Å². The Morgan fingerprint density at radius 1 is 1.13 bits per heavy atom. The van der Waals surface area contributed by atoms with E-state index >= 15 is 0 Å². The summed E-state index contributed by atoms with van der Waals surface area (Å²) in [5, 5.41) is 3.99. The van der Waals surface area contributed by atoms with Gasteiger partial charge in [-0.05, 0) is 31.4 Å². The van der Waals surface area contributed by atoms with Crippen molar-refractivity contribution in [3.8, 4) is 0 Å². The number of morpholine rings is 2. The van der Waals surface area contributed by atoms with E-state index in [-0.39, 0.29) is 36.1 Å². The molecule has 2 heterocycles. The monoisotopic (exact) mass is 437 g/mol. The molecule has 1 amide bonds. The second-order valence-corrected chi connectivity index (χ2v) is 9.24. The van der Waals surface area contributed by atoms with Gasteiger partial charge >= 0.3 is 0 Å². The molecule has 0 aliphatic carbocycles. The Balaban J connectivity index is 1.72. The number of rotatable bonds is 7. The second-order valence-electron chi connectivity index (χ2n) is 8.83. The molecule has 0 bridgehead atoms. The van der Waals surface area contributed by atoms with Gasteiger partial charge in [0, 0.05) is 37.7 Å². The number of carbonyl (C=O) groups excluding carboxylic acids is 1. The van der Waals surface area contributed by atoms with E-state index in [0.29, 0.717) is 19.8 Å². The zero-order chi connectivity index (χ0) is 21.7. The molecule has 4 atom stereocenters. The summed E-state index contributed by atoms with van der Waals surface area (Å²) in [5.41, 5.74) is 1.05. The van der Waals surface area contributed by atoms with E-state index in [0.717, 1.165) is 36.8 Å². The van der Waals surface area contributed by atoms with Crippen LogP contribution in [0.25, 0.3) is 0 Å². The van der Waals surface area contributed by atoms with E-state index in [4.69, 9.17) is 21.1 Å². The third-order valence-corrected chi connectivity index (χ3v) is 6.31. The van der Waals surface area contributed by atoms with Crippen molar-refractivity contribution in [1.29, 1.82) is 0 Å². The fourth-order valence-electron chi connectivity index (χ4n) is 4.71. The van der Waals surface area contributed by atoms with Gasteiger partial charge in [-0.15, -0.1) is 0 Å². The average molecular weight is 438 g/mol. The fourth-order valence-corrected chi connectivity index (χ4v) is 4.97. The number of carbonyl (C=O) groups is 1. The Kier molecular flexibility index (Phi) is 8.54. The van der Waals surface area contributed by atoms with Crippen LogP contribution in [0.15, 0.2) is 24.3 Å². The molecular weight excluding hydrogens is 402 g/mol. The van der Waals surface area contributed by atoms with Crippen molar-refractivity contribution in [2.24, 2.45) is 5.92 Å². The van der Waals surface area contributed by atoms with Crippen molar-refractivity contribution < 1.29 is 14.3 Å². The van der Waals surface area contributed by atoms with Crippen LogP contribution >= 0.6 is 11.6 Å². The molecule has 6 nitrogen and oxygen atoms in total. The summed E-state index contributed by atoms with van der Waals surface area (Å²) in [5.74, 6) is 0.293. The first-order valence-corrected chi connectivity index (χ1v) is 11.5. The molecule has 168 valence electrons. The Labute approximate surface area is 185 Å². The van der Waals surface area contributed by atoms with Gasteiger partial charge in [-0.3, -0.25) is 14.6 Å². The van der Waals surface area contributed by atoms with Crippen LogP contribution in [-0.4, -0.2) is 79.9 Å². The lowest BCUT2D eigenvalue weighted by atomic mass is 9.99. The van der Waals surface area contributed by atoms with Crippen LogP contribution in [0.5, 0.6) is 0 Å². The molecule has 2 aliphatic rings. The highest BCUT2D eigenvalue weighted by molar-refractivity contribution is 6.31. The summed E-state index contributed by atoms with van der Waals surface area (Å²) in [7, 11) is 0. The lowest BCUT2D eigenvalue weighted by molar-refractivity contribution is -0.135. The summed E-state index contributed by atoms with van der Waals surface area (Å²) >= 11 is 6.53. The van der Waals surface area contributed by atoms with Crippen LogP contribution in [0, 0.1) is 5.92 Å². The number of hydrogen-bond donors (Lipinski definition) is 1. The lowest BCUT2D eigenvalue weighted by Crippen LogP contribution is -2.57. The second kappa shape index (κ2) is 10.9. The highest BCUT2D eigenvalue weighted by Gasteiger charge is 2.35. The van der Waals surface area contributed by atoms with Gasteiger partial charge in [0.05, 0.1) is 37.5 Å². The number of hydrogen-bond acceptors (Lipinski definition) is 5. The Morgan fingerprint density at radius 3 is 2.37 bits per heavy atom. The standard InChI is InChI=1S/C23H36ClN3O3/c1-16(2)22(27-14-17(3)30-18(4)15-27)23(28)25-13-21(26-9-11-29-12-10-26)19-7-5-6-8-20(19)24/h5-8,16-18,21-22H,9-15H2,1-4H3,(H,25,28). The minimum atomic E-state index is -0.171. The smallest absolute Gasteiger partial charge is 0.237 e. The molecule has 3 rings (SSSR count). The van der Waals surface area contributed by atoms with Crippen LogP contribution in [-0.2, 0) is 14.3 Å². The van der Waals surface area contributed by atoms with Crippen LogP contribution < -0.4 is 5.32 Å². The summed E-state index contributed by atoms with van der Waals surface area (Å²) in [6.45, 7) is 13.5. The van der Waals surface area contributed by atoms with Gasteiger partial charge in [-0.25, -0.2) is 0 Å². The topological polar surface area (TPSA) is 54.0 Å². The van der Waals surface area contributed by atoms with Crippen molar-refractivity contribution in [3.63, 3.8) is 0 Å². The number of amides is 1. The molecule has 1 aromatic carbocycles. The van der Waals surface area contributed by atoms with Crippen LogP contribution in [0.1, 0.15) is 39.3 Å². The van der Waals surface area contributed by atoms with Gasteiger partial charge in [0.25, 0.3) is 0 Å². The Morgan fingerprint density at radius 2 is 1.77 bits per heavy atom. The molecule has 2 saturated heterocycles. The highest BCUT2D eigenvalue weighted by atomic mass is 35.5. The third kappa shape index (κ3) is 5.95. The number of benzene rings is 1. The van der Waals surface area contributed by atoms with Gasteiger partial charge in [-0.2, -0.15) is 0 Å². The molecule has 0 aromatic heterocycles. The minimum absolute atomic E-state index is 0.0295. The first kappa shape index (κ1) is 23.5. The highest BCUT2D eigenvalue weighted by Crippen LogP contribution is 2.28. The number of halogens is 1. The summed E-state index contributed by atoms with van der Waals surface area (Å²) in [4.78, 5) is 18.0. The van der Waals surface area contributed by atoms with E-state index in [1.807, 2.05) is 18.2 Å². The predicted molar refractivity (Wildman–Crippen MR) is 120 cm³/mol. The molecule has 0 radical (unpaired) electrons. The SMILES string of the molecule is CC1CN(C(C(=O)NCC(c2ccccc2Cl)N2CCOCC2)C(C)C)CC(C)O1. The third-order valence-electron chi connectivity index (χ3n) is 5.96. The van der Waals surface area contributed by atoms with Crippen LogP contribution in [0.2, 0.25) is 5.02 Å². The molecule has 30 heavy (non-hydrogen) atoms. The Hall–Kier alpha value is -1.18. The van der Waals surface area contributed by atoms with Gasteiger partial charge < -0.3 is 14.8 Å². The molecular formula is C23H36ClN3O3. The summed E-state index contributed by atoms with van der Waals surface area (Å²) in [6, 6.07) is 7.77.